The summed E-state index contributed by atoms with van der Waals surface area (Å²) in [7, 11) is 1.56. The van der Waals surface area contributed by atoms with Gasteiger partial charge in [-0.05, 0) is 29.3 Å². The molecule has 0 saturated heterocycles. The van der Waals surface area contributed by atoms with Crippen LogP contribution in [0.5, 0.6) is 0 Å². The maximum Gasteiger partial charge on any atom is 0.242 e. The van der Waals surface area contributed by atoms with Crippen molar-refractivity contribution in [3.05, 3.63) is 105 Å². The number of hydrogen-bond donors (Lipinski definition) is 1. The second kappa shape index (κ2) is 11.4. The molecule has 1 atom stereocenters. The van der Waals surface area contributed by atoms with Gasteiger partial charge in [0.2, 0.25) is 11.8 Å². The lowest BCUT2D eigenvalue weighted by Gasteiger charge is -2.32. The Balaban J connectivity index is 2.01. The fourth-order valence-electron chi connectivity index (χ4n) is 3.48. The van der Waals surface area contributed by atoms with Crippen LogP contribution in [0.25, 0.3) is 0 Å². The minimum Gasteiger partial charge on any atom is -0.357 e. The molecule has 0 aliphatic carbocycles. The highest BCUT2D eigenvalue weighted by Crippen LogP contribution is 2.28. The number of amides is 2. The van der Waals surface area contributed by atoms with E-state index in [1.54, 1.807) is 43.4 Å². The van der Waals surface area contributed by atoms with Gasteiger partial charge in [0.1, 0.15) is 6.04 Å². The first-order chi connectivity index (χ1) is 15.4. The van der Waals surface area contributed by atoms with Gasteiger partial charge in [-0.1, -0.05) is 89.4 Å². The number of hydrogen-bond acceptors (Lipinski definition) is 2. The van der Waals surface area contributed by atoms with Gasteiger partial charge in [0.05, 0.1) is 6.42 Å². The first-order valence-corrected chi connectivity index (χ1v) is 11.3. The van der Waals surface area contributed by atoms with E-state index >= 15 is 0 Å². The average Bonchev–Trinajstić information content (AvgIpc) is 2.79. The molecule has 0 aliphatic heterocycles. The molecule has 166 valence electrons. The number of rotatable bonds is 8. The zero-order chi connectivity index (χ0) is 23.1. The van der Waals surface area contributed by atoms with Crippen LogP contribution in [0, 0.1) is 0 Å². The molecule has 2 amide bonds. The number of halogens is 3. The molecule has 7 heteroatoms. The number of carbonyl (C=O) groups excluding carboxylic acids is 2. The smallest absolute Gasteiger partial charge is 0.242 e. The van der Waals surface area contributed by atoms with E-state index in [2.05, 4.69) is 5.32 Å². The monoisotopic (exact) mass is 488 g/mol. The predicted octanol–water partition coefficient (Wildman–Crippen LogP) is 5.58. The molecular weight excluding hydrogens is 467 g/mol. The van der Waals surface area contributed by atoms with E-state index in [-0.39, 0.29) is 24.8 Å². The van der Waals surface area contributed by atoms with Crippen molar-refractivity contribution in [2.45, 2.75) is 25.4 Å². The summed E-state index contributed by atoms with van der Waals surface area (Å²) in [5.41, 5.74) is 2.21. The van der Waals surface area contributed by atoms with E-state index in [4.69, 9.17) is 34.8 Å². The molecule has 3 aromatic rings. The Morgan fingerprint density at radius 3 is 2.06 bits per heavy atom. The molecule has 0 saturated carbocycles. The average molecular weight is 490 g/mol. The fraction of sp³-hybridized carbons (Fsp3) is 0.200. The quantitative estimate of drug-likeness (QED) is 0.449. The standard InChI is InChI=1S/C25H23Cl3N2O2/c1-29-25(32)23(14-17-8-3-2-4-9-17)30(16-19-21(27)12-7-13-22(19)28)24(31)15-18-10-5-6-11-20(18)26/h2-13,23H,14-16H2,1H3,(H,29,32). The van der Waals surface area contributed by atoms with Crippen LogP contribution in [0.2, 0.25) is 15.1 Å². The minimum atomic E-state index is -0.760. The molecule has 0 aliphatic rings. The SMILES string of the molecule is CNC(=O)C(Cc1ccccc1)N(Cc1c(Cl)cccc1Cl)C(=O)Cc1ccccc1Cl. The first kappa shape index (κ1) is 24.1. The van der Waals surface area contributed by atoms with Crippen molar-refractivity contribution >= 4 is 46.6 Å². The third-order valence-electron chi connectivity index (χ3n) is 5.21. The lowest BCUT2D eigenvalue weighted by Crippen LogP contribution is -2.50. The first-order valence-electron chi connectivity index (χ1n) is 10.1. The van der Waals surface area contributed by atoms with Crippen LogP contribution in [0.4, 0.5) is 0 Å². The Labute approximate surface area is 203 Å². The number of nitrogens with one attached hydrogen (secondary N) is 1. The Kier molecular flexibility index (Phi) is 8.57. The van der Waals surface area contributed by atoms with Gasteiger partial charge >= 0.3 is 0 Å². The topological polar surface area (TPSA) is 49.4 Å². The zero-order valence-corrected chi connectivity index (χ0v) is 19.8. The molecule has 0 radical (unpaired) electrons. The summed E-state index contributed by atoms with van der Waals surface area (Å²) < 4.78 is 0. The molecule has 0 spiro atoms. The summed E-state index contributed by atoms with van der Waals surface area (Å²) in [6.07, 6.45) is 0.390. The summed E-state index contributed by atoms with van der Waals surface area (Å²) in [5.74, 6) is -0.525. The lowest BCUT2D eigenvalue weighted by molar-refractivity contribution is -0.140. The van der Waals surface area contributed by atoms with Crippen molar-refractivity contribution in [3.8, 4) is 0 Å². The van der Waals surface area contributed by atoms with Gasteiger partial charge in [-0.15, -0.1) is 0 Å². The van der Waals surface area contributed by atoms with Crippen molar-refractivity contribution in [2.24, 2.45) is 0 Å². The Morgan fingerprint density at radius 2 is 1.44 bits per heavy atom. The second-order valence-corrected chi connectivity index (χ2v) is 8.53. The molecule has 1 N–H and O–H groups in total. The van der Waals surface area contributed by atoms with Crippen molar-refractivity contribution in [3.63, 3.8) is 0 Å². The van der Waals surface area contributed by atoms with Crippen LogP contribution in [-0.4, -0.2) is 29.8 Å². The van der Waals surface area contributed by atoms with Crippen molar-refractivity contribution < 1.29 is 9.59 Å². The molecule has 3 aromatic carbocycles. The molecule has 32 heavy (non-hydrogen) atoms. The largest absolute Gasteiger partial charge is 0.357 e. The molecule has 0 heterocycles. The Bertz CT molecular complexity index is 1070. The molecule has 4 nitrogen and oxygen atoms in total. The zero-order valence-electron chi connectivity index (χ0n) is 17.5. The molecular formula is C25H23Cl3N2O2. The van der Waals surface area contributed by atoms with Gasteiger partial charge in [0.15, 0.2) is 0 Å². The number of carbonyl (C=O) groups is 2. The molecule has 0 fully saturated rings. The lowest BCUT2D eigenvalue weighted by atomic mass is 10.0. The summed E-state index contributed by atoms with van der Waals surface area (Å²) in [6, 6.07) is 21.1. The van der Waals surface area contributed by atoms with E-state index in [0.717, 1.165) is 5.56 Å². The van der Waals surface area contributed by atoms with Crippen LogP contribution < -0.4 is 5.32 Å². The Hall–Kier alpha value is -2.53. The van der Waals surface area contributed by atoms with E-state index in [1.165, 1.54) is 4.90 Å². The van der Waals surface area contributed by atoms with Crippen LogP contribution >= 0.6 is 34.8 Å². The predicted molar refractivity (Wildman–Crippen MR) is 130 cm³/mol. The van der Waals surface area contributed by atoms with Crippen molar-refractivity contribution in [1.29, 1.82) is 0 Å². The van der Waals surface area contributed by atoms with Gasteiger partial charge < -0.3 is 10.2 Å². The van der Waals surface area contributed by atoms with Crippen molar-refractivity contribution in [2.75, 3.05) is 7.05 Å². The van der Waals surface area contributed by atoms with Gasteiger partial charge in [-0.2, -0.15) is 0 Å². The molecule has 0 aromatic heterocycles. The van der Waals surface area contributed by atoms with Gasteiger partial charge in [0, 0.05) is 40.6 Å². The highest BCUT2D eigenvalue weighted by molar-refractivity contribution is 6.36. The maximum absolute atomic E-state index is 13.5. The molecule has 3 rings (SSSR count). The van der Waals surface area contributed by atoms with E-state index < -0.39 is 6.04 Å². The van der Waals surface area contributed by atoms with Gasteiger partial charge in [-0.3, -0.25) is 9.59 Å². The van der Waals surface area contributed by atoms with Crippen molar-refractivity contribution in [1.82, 2.24) is 10.2 Å². The normalized spacial score (nSPS) is 11.6. The van der Waals surface area contributed by atoms with Crippen LogP contribution in [0.3, 0.4) is 0 Å². The van der Waals surface area contributed by atoms with Gasteiger partial charge in [-0.25, -0.2) is 0 Å². The third-order valence-corrected chi connectivity index (χ3v) is 6.28. The maximum atomic E-state index is 13.5. The summed E-state index contributed by atoms with van der Waals surface area (Å²) >= 11 is 19.1. The highest BCUT2D eigenvalue weighted by atomic mass is 35.5. The van der Waals surface area contributed by atoms with Crippen LogP contribution in [0.1, 0.15) is 16.7 Å². The minimum absolute atomic E-state index is 0.0457. The summed E-state index contributed by atoms with van der Waals surface area (Å²) in [4.78, 5) is 28.0. The second-order valence-electron chi connectivity index (χ2n) is 7.31. The van der Waals surface area contributed by atoms with Crippen LogP contribution in [-0.2, 0) is 29.0 Å². The molecule has 1 unspecified atom stereocenters. The fourth-order valence-corrected chi connectivity index (χ4v) is 4.20. The van der Waals surface area contributed by atoms with E-state index in [9.17, 15) is 9.59 Å². The highest BCUT2D eigenvalue weighted by Gasteiger charge is 2.31. The number of likely N-dealkylation sites (N-methyl/N-ethyl adjacent to an activating group) is 1. The van der Waals surface area contributed by atoms with E-state index in [0.29, 0.717) is 32.6 Å². The van der Waals surface area contributed by atoms with Gasteiger partial charge in [0.25, 0.3) is 0 Å². The third kappa shape index (κ3) is 6.04. The summed E-state index contributed by atoms with van der Waals surface area (Å²) in [6.45, 7) is 0.0900. The molecule has 0 bridgehead atoms. The summed E-state index contributed by atoms with van der Waals surface area (Å²) in [5, 5.41) is 4.05. The number of nitrogens with zero attached hydrogens (tertiary/aromatic N) is 1. The Morgan fingerprint density at radius 1 is 0.844 bits per heavy atom. The number of benzene rings is 3. The van der Waals surface area contributed by atoms with Crippen LogP contribution in [0.15, 0.2) is 72.8 Å². The van der Waals surface area contributed by atoms with E-state index in [1.807, 2.05) is 36.4 Å².